The third kappa shape index (κ3) is 3.55. The minimum atomic E-state index is 0.649. The lowest BCUT2D eigenvalue weighted by atomic mass is 10.2. The number of methoxy groups -OCH3 is 1. The van der Waals surface area contributed by atoms with Gasteiger partial charge in [0.15, 0.2) is 0 Å². The molecule has 0 saturated carbocycles. The van der Waals surface area contributed by atoms with Crippen LogP contribution in [-0.4, -0.2) is 12.1 Å². The van der Waals surface area contributed by atoms with Gasteiger partial charge in [-0.3, -0.25) is 0 Å². The minimum absolute atomic E-state index is 0.649. The summed E-state index contributed by atoms with van der Waals surface area (Å²) in [6, 6.07) is 8.30. The van der Waals surface area contributed by atoms with E-state index in [1.54, 1.807) is 18.4 Å². The molecular weight excluding hydrogens is 244 g/mol. The summed E-state index contributed by atoms with van der Waals surface area (Å²) in [6.45, 7) is 3.61. The summed E-state index contributed by atoms with van der Waals surface area (Å²) in [5.74, 6) is 0. The van der Waals surface area contributed by atoms with Crippen LogP contribution in [0.25, 0.3) is 0 Å². The van der Waals surface area contributed by atoms with Crippen molar-refractivity contribution >= 4 is 17.0 Å². The lowest BCUT2D eigenvalue weighted by Gasteiger charge is -2.06. The van der Waals surface area contributed by atoms with Gasteiger partial charge < -0.3 is 10.1 Å². The first kappa shape index (κ1) is 13.1. The highest BCUT2D eigenvalue weighted by Gasteiger charge is 2.00. The number of nitrogens with zero attached hydrogens (tertiary/aromatic N) is 1. The van der Waals surface area contributed by atoms with Gasteiger partial charge in [-0.1, -0.05) is 19.1 Å². The van der Waals surface area contributed by atoms with Crippen molar-refractivity contribution in [2.45, 2.75) is 26.5 Å². The monoisotopic (exact) mass is 262 g/mol. The van der Waals surface area contributed by atoms with Gasteiger partial charge in [0.25, 0.3) is 0 Å². The molecule has 0 atom stereocenters. The van der Waals surface area contributed by atoms with Crippen LogP contribution in [-0.2, 0) is 24.3 Å². The average molecular weight is 262 g/mol. The molecular formula is C14H18N2OS. The van der Waals surface area contributed by atoms with Crippen molar-refractivity contribution in [3.8, 4) is 0 Å². The molecule has 1 aromatic carbocycles. The number of hydrogen-bond donors (Lipinski definition) is 1. The molecule has 18 heavy (non-hydrogen) atoms. The molecule has 0 spiro atoms. The molecule has 0 aliphatic carbocycles. The van der Waals surface area contributed by atoms with Crippen molar-refractivity contribution in [2.24, 2.45) is 0 Å². The van der Waals surface area contributed by atoms with E-state index in [0.717, 1.165) is 18.7 Å². The third-order valence-corrected chi connectivity index (χ3v) is 3.75. The van der Waals surface area contributed by atoms with Gasteiger partial charge in [0, 0.05) is 23.9 Å². The summed E-state index contributed by atoms with van der Waals surface area (Å²) in [7, 11) is 1.71. The van der Waals surface area contributed by atoms with E-state index < -0.39 is 0 Å². The fraction of sp³-hybridized carbons (Fsp3) is 0.357. The number of aryl methyl sites for hydroxylation is 1. The maximum atomic E-state index is 5.13. The second kappa shape index (κ2) is 6.52. The Morgan fingerprint density at radius 3 is 3.00 bits per heavy atom. The summed E-state index contributed by atoms with van der Waals surface area (Å²) in [5, 5.41) is 4.61. The molecule has 2 rings (SSSR count). The number of thiazole rings is 1. The fourth-order valence-electron chi connectivity index (χ4n) is 1.72. The SMILES string of the molecule is CCc1ncc(CNc2cccc(COC)c2)s1. The number of hydrogen-bond acceptors (Lipinski definition) is 4. The molecule has 1 heterocycles. The van der Waals surface area contributed by atoms with E-state index in [4.69, 9.17) is 4.74 Å². The van der Waals surface area contributed by atoms with E-state index in [2.05, 4.69) is 35.4 Å². The molecule has 0 unspecified atom stereocenters. The van der Waals surface area contributed by atoms with Crippen molar-refractivity contribution in [2.75, 3.05) is 12.4 Å². The van der Waals surface area contributed by atoms with Gasteiger partial charge in [-0.25, -0.2) is 4.98 Å². The van der Waals surface area contributed by atoms with Crippen molar-refractivity contribution in [1.29, 1.82) is 0 Å². The van der Waals surface area contributed by atoms with Crippen molar-refractivity contribution in [3.63, 3.8) is 0 Å². The summed E-state index contributed by atoms with van der Waals surface area (Å²) in [4.78, 5) is 5.62. The molecule has 1 aromatic heterocycles. The van der Waals surface area contributed by atoms with Gasteiger partial charge in [-0.15, -0.1) is 11.3 Å². The van der Waals surface area contributed by atoms with Gasteiger partial charge in [0.05, 0.1) is 18.2 Å². The molecule has 0 bridgehead atoms. The van der Waals surface area contributed by atoms with Crippen LogP contribution in [0.1, 0.15) is 22.4 Å². The van der Waals surface area contributed by atoms with Crippen molar-refractivity contribution in [3.05, 3.63) is 45.9 Å². The molecule has 4 heteroatoms. The molecule has 1 N–H and O–H groups in total. The Balaban J connectivity index is 1.94. The summed E-state index contributed by atoms with van der Waals surface area (Å²) < 4.78 is 5.13. The number of benzene rings is 1. The van der Waals surface area contributed by atoms with Crippen LogP contribution in [0.2, 0.25) is 0 Å². The Hall–Kier alpha value is -1.39. The predicted octanol–water partition coefficient (Wildman–Crippen LogP) is 3.46. The predicted molar refractivity (Wildman–Crippen MR) is 76.0 cm³/mol. The maximum absolute atomic E-state index is 5.13. The van der Waals surface area contributed by atoms with Gasteiger partial charge in [-0.05, 0) is 24.1 Å². The summed E-state index contributed by atoms with van der Waals surface area (Å²) >= 11 is 1.77. The molecule has 3 nitrogen and oxygen atoms in total. The zero-order chi connectivity index (χ0) is 12.8. The number of ether oxygens (including phenoxy) is 1. The van der Waals surface area contributed by atoms with Gasteiger partial charge in [0.2, 0.25) is 0 Å². The van der Waals surface area contributed by atoms with Crippen LogP contribution >= 0.6 is 11.3 Å². The Labute approximate surface area is 112 Å². The quantitative estimate of drug-likeness (QED) is 0.865. The number of aromatic nitrogens is 1. The molecule has 96 valence electrons. The lowest BCUT2D eigenvalue weighted by molar-refractivity contribution is 0.185. The second-order valence-corrected chi connectivity index (χ2v) is 5.26. The third-order valence-electron chi connectivity index (χ3n) is 2.61. The van der Waals surface area contributed by atoms with E-state index in [-0.39, 0.29) is 0 Å². The van der Waals surface area contributed by atoms with Crippen LogP contribution in [0.4, 0.5) is 5.69 Å². The maximum Gasteiger partial charge on any atom is 0.0925 e. The van der Waals surface area contributed by atoms with Crippen molar-refractivity contribution in [1.82, 2.24) is 4.98 Å². The number of nitrogens with one attached hydrogen (secondary N) is 1. The lowest BCUT2D eigenvalue weighted by Crippen LogP contribution is -1.98. The van der Waals surface area contributed by atoms with Crippen LogP contribution in [0.5, 0.6) is 0 Å². The minimum Gasteiger partial charge on any atom is -0.380 e. The number of anilines is 1. The van der Waals surface area contributed by atoms with Gasteiger partial charge in [-0.2, -0.15) is 0 Å². The fourth-order valence-corrected chi connectivity index (χ4v) is 2.52. The summed E-state index contributed by atoms with van der Waals surface area (Å²) in [6.07, 6.45) is 2.96. The molecule has 0 saturated heterocycles. The van der Waals surface area contributed by atoms with E-state index in [1.165, 1.54) is 15.4 Å². The molecule has 2 aromatic rings. The molecule has 0 aliphatic rings. The number of rotatable bonds is 6. The van der Waals surface area contributed by atoms with Gasteiger partial charge >= 0.3 is 0 Å². The highest BCUT2D eigenvalue weighted by Crippen LogP contribution is 2.17. The van der Waals surface area contributed by atoms with Crippen LogP contribution < -0.4 is 5.32 Å². The molecule has 0 aliphatic heterocycles. The van der Waals surface area contributed by atoms with Gasteiger partial charge in [0.1, 0.15) is 0 Å². The average Bonchev–Trinajstić information content (AvgIpc) is 2.85. The topological polar surface area (TPSA) is 34.2 Å². The highest BCUT2D eigenvalue weighted by molar-refractivity contribution is 7.11. The summed E-state index contributed by atoms with van der Waals surface area (Å²) in [5.41, 5.74) is 2.30. The Morgan fingerprint density at radius 1 is 1.39 bits per heavy atom. The van der Waals surface area contributed by atoms with E-state index in [1.807, 2.05) is 12.3 Å². The Morgan fingerprint density at radius 2 is 2.28 bits per heavy atom. The van der Waals surface area contributed by atoms with E-state index >= 15 is 0 Å². The Kier molecular flexibility index (Phi) is 4.73. The van der Waals surface area contributed by atoms with Crippen LogP contribution in [0.3, 0.4) is 0 Å². The standard InChI is InChI=1S/C14H18N2OS/c1-3-14-16-9-13(18-14)8-15-12-6-4-5-11(7-12)10-17-2/h4-7,9,15H,3,8,10H2,1-2H3. The zero-order valence-electron chi connectivity index (χ0n) is 10.8. The largest absolute Gasteiger partial charge is 0.380 e. The first-order chi connectivity index (χ1) is 8.81. The van der Waals surface area contributed by atoms with E-state index in [0.29, 0.717) is 6.61 Å². The first-order valence-electron chi connectivity index (χ1n) is 6.07. The second-order valence-electron chi connectivity index (χ2n) is 4.06. The van der Waals surface area contributed by atoms with E-state index in [9.17, 15) is 0 Å². The van der Waals surface area contributed by atoms with Crippen molar-refractivity contribution < 1.29 is 4.74 Å². The zero-order valence-corrected chi connectivity index (χ0v) is 11.6. The molecule has 0 radical (unpaired) electrons. The normalized spacial score (nSPS) is 10.6. The Bertz CT molecular complexity index is 496. The van der Waals surface area contributed by atoms with Crippen LogP contribution in [0.15, 0.2) is 30.5 Å². The van der Waals surface area contributed by atoms with Crippen LogP contribution in [0, 0.1) is 0 Å². The smallest absolute Gasteiger partial charge is 0.0925 e. The molecule has 0 amide bonds. The first-order valence-corrected chi connectivity index (χ1v) is 6.88. The highest BCUT2D eigenvalue weighted by atomic mass is 32.1. The molecule has 0 fully saturated rings.